The third-order valence-electron chi connectivity index (χ3n) is 2.48. The van der Waals surface area contributed by atoms with Gasteiger partial charge >= 0.3 is 5.97 Å². The fourth-order valence-electron chi connectivity index (χ4n) is 1.34. The van der Waals surface area contributed by atoms with Gasteiger partial charge in [-0.05, 0) is 25.8 Å². The van der Waals surface area contributed by atoms with Crippen molar-refractivity contribution in [2.75, 3.05) is 20.2 Å². The molecule has 1 atom stereocenters. The normalized spacial score (nSPS) is 16.4. The highest BCUT2D eigenvalue weighted by molar-refractivity contribution is 9.10. The zero-order valence-corrected chi connectivity index (χ0v) is 11.6. The van der Waals surface area contributed by atoms with Gasteiger partial charge in [-0.2, -0.15) is 0 Å². The van der Waals surface area contributed by atoms with E-state index in [9.17, 15) is 9.59 Å². The van der Waals surface area contributed by atoms with E-state index < -0.39 is 0 Å². The average Bonchev–Trinajstić information content (AvgIpc) is 3.11. The third-order valence-corrected chi connectivity index (χ3v) is 3.18. The number of alkyl halides is 1. The quantitative estimate of drug-likeness (QED) is 0.391. The second-order valence-electron chi connectivity index (χ2n) is 4.14. The van der Waals surface area contributed by atoms with Crippen LogP contribution in [0, 0.1) is 0 Å². The van der Waals surface area contributed by atoms with E-state index in [1.54, 1.807) is 0 Å². The molecule has 1 amide bonds. The Morgan fingerprint density at radius 1 is 1.47 bits per heavy atom. The first-order valence-electron chi connectivity index (χ1n) is 5.85. The highest BCUT2D eigenvalue weighted by Gasteiger charge is 2.22. The molecule has 1 rings (SSSR count). The number of amides is 1. The minimum absolute atomic E-state index is 0.123. The van der Waals surface area contributed by atoms with Crippen molar-refractivity contribution in [3.63, 3.8) is 0 Å². The van der Waals surface area contributed by atoms with Crippen LogP contribution in [-0.4, -0.2) is 42.9 Å². The predicted octanol–water partition coefficient (Wildman–Crippen LogP) is 0.571. The molecular formula is C11H19BrN2O3. The van der Waals surface area contributed by atoms with Crippen LogP contribution in [0.3, 0.4) is 0 Å². The second-order valence-corrected chi connectivity index (χ2v) is 5.25. The largest absolute Gasteiger partial charge is 0.468 e. The molecule has 98 valence electrons. The fraction of sp³-hybridized carbons (Fsp3) is 0.818. The number of esters is 1. The van der Waals surface area contributed by atoms with E-state index >= 15 is 0 Å². The molecule has 1 fully saturated rings. The summed E-state index contributed by atoms with van der Waals surface area (Å²) in [7, 11) is 1.36. The van der Waals surface area contributed by atoms with Gasteiger partial charge in [-0.25, -0.2) is 0 Å². The van der Waals surface area contributed by atoms with E-state index in [0.29, 0.717) is 19.0 Å². The van der Waals surface area contributed by atoms with Gasteiger partial charge in [0.1, 0.15) is 4.83 Å². The summed E-state index contributed by atoms with van der Waals surface area (Å²) in [5.74, 6) is -0.165. The van der Waals surface area contributed by atoms with Crippen LogP contribution in [0.4, 0.5) is 0 Å². The summed E-state index contributed by atoms with van der Waals surface area (Å²) in [4.78, 5) is 22.0. The summed E-state index contributed by atoms with van der Waals surface area (Å²) in [5, 5.41) is 6.03. The maximum absolute atomic E-state index is 11.3. The fourth-order valence-corrected chi connectivity index (χ4v) is 1.76. The van der Waals surface area contributed by atoms with Crippen molar-refractivity contribution in [3.05, 3.63) is 0 Å². The van der Waals surface area contributed by atoms with E-state index in [1.165, 1.54) is 7.11 Å². The zero-order chi connectivity index (χ0) is 12.7. The number of methoxy groups -OCH3 is 1. The first kappa shape index (κ1) is 14.4. The van der Waals surface area contributed by atoms with Gasteiger partial charge in [0.25, 0.3) is 0 Å². The van der Waals surface area contributed by atoms with Crippen molar-refractivity contribution < 1.29 is 14.3 Å². The van der Waals surface area contributed by atoms with Crippen LogP contribution in [0.25, 0.3) is 0 Å². The molecule has 0 heterocycles. The smallest absolute Gasteiger partial charge is 0.320 e. The third kappa shape index (κ3) is 6.63. The first-order chi connectivity index (χ1) is 8.13. The minimum Gasteiger partial charge on any atom is -0.468 e. The molecule has 6 heteroatoms. The van der Waals surface area contributed by atoms with Crippen LogP contribution >= 0.6 is 15.9 Å². The van der Waals surface area contributed by atoms with Crippen molar-refractivity contribution in [1.29, 1.82) is 0 Å². The molecule has 0 saturated heterocycles. The van der Waals surface area contributed by atoms with Crippen LogP contribution in [-0.2, 0) is 14.3 Å². The van der Waals surface area contributed by atoms with E-state index in [0.717, 1.165) is 25.8 Å². The van der Waals surface area contributed by atoms with Crippen molar-refractivity contribution >= 4 is 27.8 Å². The van der Waals surface area contributed by atoms with E-state index in [1.807, 2.05) is 0 Å². The molecule has 0 aromatic carbocycles. The lowest BCUT2D eigenvalue weighted by Crippen LogP contribution is -2.31. The van der Waals surface area contributed by atoms with Gasteiger partial charge in [0.15, 0.2) is 0 Å². The summed E-state index contributed by atoms with van der Waals surface area (Å²) in [6.07, 6.45) is 3.55. The molecule has 0 aliphatic heterocycles. The Morgan fingerprint density at radius 2 is 2.18 bits per heavy atom. The molecule has 1 aliphatic rings. The van der Waals surface area contributed by atoms with Crippen molar-refractivity contribution in [1.82, 2.24) is 10.6 Å². The summed E-state index contributed by atoms with van der Waals surface area (Å²) >= 11 is 3.21. The lowest BCUT2D eigenvalue weighted by atomic mass is 10.3. The van der Waals surface area contributed by atoms with Crippen LogP contribution in [0.1, 0.15) is 25.7 Å². The Labute approximate surface area is 110 Å². The Bertz CT molecular complexity index is 269. The number of hydrogen-bond acceptors (Lipinski definition) is 4. The van der Waals surface area contributed by atoms with Gasteiger partial charge in [0.2, 0.25) is 5.91 Å². The van der Waals surface area contributed by atoms with Crippen molar-refractivity contribution in [3.8, 4) is 0 Å². The molecule has 0 bridgehead atoms. The summed E-state index contributed by atoms with van der Waals surface area (Å²) in [5.41, 5.74) is 0. The van der Waals surface area contributed by atoms with Crippen LogP contribution in [0.15, 0.2) is 0 Å². The average molecular weight is 307 g/mol. The first-order valence-corrected chi connectivity index (χ1v) is 6.77. The van der Waals surface area contributed by atoms with Gasteiger partial charge in [-0.15, -0.1) is 0 Å². The summed E-state index contributed by atoms with van der Waals surface area (Å²) in [6, 6.07) is 0.432. The monoisotopic (exact) mass is 306 g/mol. The Kier molecular flexibility index (Phi) is 6.50. The van der Waals surface area contributed by atoms with Gasteiger partial charge in [-0.3, -0.25) is 9.59 Å². The molecule has 0 aromatic heterocycles. The lowest BCUT2D eigenvalue weighted by Gasteiger charge is -2.09. The standard InChI is InChI=1S/C11H19BrN2O3/c1-17-11(16)9(12)7-13-6-2-3-10(15)14-8-4-5-8/h8-9,13H,2-7H2,1H3,(H,14,15). The van der Waals surface area contributed by atoms with Crippen LogP contribution < -0.4 is 10.6 Å². The molecule has 5 nitrogen and oxygen atoms in total. The lowest BCUT2D eigenvalue weighted by molar-refractivity contribution is -0.139. The van der Waals surface area contributed by atoms with E-state index in [-0.39, 0.29) is 16.7 Å². The second kappa shape index (κ2) is 7.66. The Balaban J connectivity index is 1.92. The van der Waals surface area contributed by atoms with Gasteiger partial charge in [0, 0.05) is 19.0 Å². The number of carbonyl (C=O) groups is 2. The zero-order valence-electron chi connectivity index (χ0n) is 10.0. The molecule has 1 unspecified atom stereocenters. The van der Waals surface area contributed by atoms with Gasteiger partial charge in [0.05, 0.1) is 7.11 Å². The minimum atomic E-state index is -0.326. The van der Waals surface area contributed by atoms with Gasteiger partial charge < -0.3 is 15.4 Å². The summed E-state index contributed by atoms with van der Waals surface area (Å²) in [6.45, 7) is 1.23. The molecule has 0 aromatic rings. The number of halogens is 1. The number of carbonyl (C=O) groups excluding carboxylic acids is 2. The molecular weight excluding hydrogens is 288 g/mol. The highest BCUT2D eigenvalue weighted by atomic mass is 79.9. The maximum Gasteiger partial charge on any atom is 0.320 e. The molecule has 1 aliphatic carbocycles. The number of ether oxygens (including phenoxy) is 1. The molecule has 0 spiro atoms. The maximum atomic E-state index is 11.3. The number of rotatable bonds is 8. The Hall–Kier alpha value is -0.620. The molecule has 1 saturated carbocycles. The SMILES string of the molecule is COC(=O)C(Br)CNCCCC(=O)NC1CC1. The topological polar surface area (TPSA) is 67.4 Å². The van der Waals surface area contributed by atoms with Crippen molar-refractivity contribution in [2.24, 2.45) is 0 Å². The highest BCUT2D eigenvalue weighted by Crippen LogP contribution is 2.18. The Morgan fingerprint density at radius 3 is 2.76 bits per heavy atom. The molecule has 2 N–H and O–H groups in total. The van der Waals surface area contributed by atoms with E-state index in [4.69, 9.17) is 0 Å². The number of nitrogens with one attached hydrogen (secondary N) is 2. The number of hydrogen-bond donors (Lipinski definition) is 2. The van der Waals surface area contributed by atoms with Gasteiger partial charge in [-0.1, -0.05) is 15.9 Å². The predicted molar refractivity (Wildman–Crippen MR) is 68.0 cm³/mol. The molecule has 0 radical (unpaired) electrons. The van der Waals surface area contributed by atoms with Crippen LogP contribution in [0.5, 0.6) is 0 Å². The van der Waals surface area contributed by atoms with Crippen molar-refractivity contribution in [2.45, 2.75) is 36.6 Å². The van der Waals surface area contributed by atoms with E-state index in [2.05, 4.69) is 31.3 Å². The van der Waals surface area contributed by atoms with Crippen LogP contribution in [0.2, 0.25) is 0 Å². The molecule has 17 heavy (non-hydrogen) atoms. The summed E-state index contributed by atoms with van der Waals surface area (Å²) < 4.78 is 4.57.